The van der Waals surface area contributed by atoms with Gasteiger partial charge in [-0.05, 0) is 18.6 Å². The second-order valence-corrected chi connectivity index (χ2v) is 7.93. The molecule has 0 atom stereocenters. The van der Waals surface area contributed by atoms with Crippen LogP contribution in [-0.4, -0.2) is 24.5 Å². The van der Waals surface area contributed by atoms with Crippen molar-refractivity contribution in [2.24, 2.45) is 4.99 Å². The van der Waals surface area contributed by atoms with E-state index >= 15 is 0 Å². The van der Waals surface area contributed by atoms with E-state index in [-0.39, 0.29) is 0 Å². The highest BCUT2D eigenvalue weighted by Crippen LogP contribution is 2.32. The second kappa shape index (κ2) is 8.07. The number of hydrogen-bond donors (Lipinski definition) is 2. The summed E-state index contributed by atoms with van der Waals surface area (Å²) in [5.41, 5.74) is -0.521. The molecule has 0 aliphatic rings. The first kappa shape index (κ1) is 20.2. The van der Waals surface area contributed by atoms with E-state index in [1.54, 1.807) is 24.5 Å². The molecule has 1 heterocycles. The van der Waals surface area contributed by atoms with Crippen molar-refractivity contribution in [2.45, 2.75) is 38.9 Å². The smallest absolute Gasteiger partial charge is 0.356 e. The van der Waals surface area contributed by atoms with Gasteiger partial charge in [-0.3, -0.25) is 4.99 Å². The molecule has 1 aromatic heterocycles. The van der Waals surface area contributed by atoms with E-state index in [1.165, 1.54) is 12.1 Å². The van der Waals surface area contributed by atoms with Gasteiger partial charge in [-0.2, -0.15) is 13.2 Å². The highest BCUT2D eigenvalue weighted by atomic mass is 32.1. The second-order valence-electron chi connectivity index (χ2n) is 6.61. The zero-order valence-corrected chi connectivity index (χ0v) is 16.1. The fourth-order valence-corrected chi connectivity index (χ4v) is 3.11. The zero-order chi connectivity index (χ0) is 19.4. The summed E-state index contributed by atoms with van der Waals surface area (Å²) in [6, 6.07) is 5.45. The minimum absolute atomic E-state index is 0.435. The summed E-state index contributed by atoms with van der Waals surface area (Å²) in [5, 5.41) is 7.29. The van der Waals surface area contributed by atoms with Gasteiger partial charge in [0.15, 0.2) is 5.96 Å². The maximum absolute atomic E-state index is 12.9. The molecule has 26 heavy (non-hydrogen) atoms. The Bertz CT molecular complexity index is 766. The third-order valence-electron chi connectivity index (χ3n) is 3.97. The molecule has 8 heteroatoms. The van der Waals surface area contributed by atoms with E-state index < -0.39 is 17.2 Å². The zero-order valence-electron chi connectivity index (χ0n) is 15.2. The SMILES string of the molecule is CN=C(NCc1ncc(C)s1)NCC(C)(C)c1cccc(C(F)(F)F)c1. The van der Waals surface area contributed by atoms with Crippen LogP contribution in [0.5, 0.6) is 0 Å². The van der Waals surface area contributed by atoms with Crippen molar-refractivity contribution in [2.75, 3.05) is 13.6 Å². The fourth-order valence-electron chi connectivity index (χ4n) is 2.39. The molecule has 1 aromatic carbocycles. The first-order chi connectivity index (χ1) is 12.1. The first-order valence-electron chi connectivity index (χ1n) is 8.15. The van der Waals surface area contributed by atoms with Crippen molar-refractivity contribution in [1.82, 2.24) is 15.6 Å². The molecule has 142 valence electrons. The van der Waals surface area contributed by atoms with E-state index in [9.17, 15) is 13.2 Å². The molecule has 0 amide bonds. The summed E-state index contributed by atoms with van der Waals surface area (Å²) < 4.78 is 38.8. The third-order valence-corrected chi connectivity index (χ3v) is 4.88. The van der Waals surface area contributed by atoms with Gasteiger partial charge < -0.3 is 10.6 Å². The van der Waals surface area contributed by atoms with E-state index in [2.05, 4.69) is 20.6 Å². The average molecular weight is 384 g/mol. The quantitative estimate of drug-likeness (QED) is 0.602. The predicted octanol–water partition coefficient (Wildman–Crippen LogP) is 4.11. The van der Waals surface area contributed by atoms with Crippen LogP contribution in [0.3, 0.4) is 0 Å². The Hall–Kier alpha value is -2.09. The van der Waals surface area contributed by atoms with E-state index in [4.69, 9.17) is 0 Å². The summed E-state index contributed by atoms with van der Waals surface area (Å²) in [7, 11) is 1.65. The number of halogens is 3. The van der Waals surface area contributed by atoms with Crippen LogP contribution < -0.4 is 10.6 Å². The van der Waals surface area contributed by atoms with Crippen LogP contribution in [0.2, 0.25) is 0 Å². The molecule has 0 saturated carbocycles. The summed E-state index contributed by atoms with van der Waals surface area (Å²) in [5.74, 6) is 0.581. The van der Waals surface area contributed by atoms with Crippen LogP contribution in [0.15, 0.2) is 35.5 Å². The van der Waals surface area contributed by atoms with Crippen molar-refractivity contribution in [3.05, 3.63) is 51.5 Å². The molecular formula is C18H23F3N4S. The molecule has 4 nitrogen and oxygen atoms in total. The largest absolute Gasteiger partial charge is 0.416 e. The lowest BCUT2D eigenvalue weighted by atomic mass is 9.84. The number of aryl methyl sites for hydroxylation is 1. The molecule has 0 fully saturated rings. The number of guanidine groups is 1. The van der Waals surface area contributed by atoms with Crippen LogP contribution in [-0.2, 0) is 18.1 Å². The third kappa shape index (κ3) is 5.45. The van der Waals surface area contributed by atoms with Gasteiger partial charge in [0.05, 0.1) is 12.1 Å². The van der Waals surface area contributed by atoms with Gasteiger partial charge in [0.1, 0.15) is 5.01 Å². The number of benzene rings is 1. The first-order valence-corrected chi connectivity index (χ1v) is 8.97. The number of alkyl halides is 3. The lowest BCUT2D eigenvalue weighted by Crippen LogP contribution is -2.43. The normalized spacial score (nSPS) is 13.0. The maximum Gasteiger partial charge on any atom is 0.416 e. The molecule has 2 rings (SSSR count). The maximum atomic E-state index is 12.9. The van der Waals surface area contributed by atoms with Crippen molar-refractivity contribution in [1.29, 1.82) is 0 Å². The monoisotopic (exact) mass is 384 g/mol. The Kier molecular flexibility index (Phi) is 6.28. The summed E-state index contributed by atoms with van der Waals surface area (Å²) in [6.07, 6.45) is -2.53. The van der Waals surface area contributed by atoms with E-state index in [0.29, 0.717) is 24.6 Å². The van der Waals surface area contributed by atoms with Gasteiger partial charge >= 0.3 is 6.18 Å². The van der Waals surface area contributed by atoms with Crippen LogP contribution >= 0.6 is 11.3 Å². The number of thiazole rings is 1. The minimum atomic E-state index is -4.34. The van der Waals surface area contributed by atoms with Crippen LogP contribution in [0, 0.1) is 6.92 Å². The topological polar surface area (TPSA) is 49.3 Å². The average Bonchev–Trinajstić information content (AvgIpc) is 3.00. The van der Waals surface area contributed by atoms with Crippen molar-refractivity contribution >= 4 is 17.3 Å². The predicted molar refractivity (Wildman–Crippen MR) is 99.5 cm³/mol. The number of aromatic nitrogens is 1. The Morgan fingerprint density at radius 2 is 1.88 bits per heavy atom. The molecule has 0 spiro atoms. The standard InChI is InChI=1S/C18H23F3N4S/c1-12-9-23-15(26-12)10-24-16(22-4)25-11-17(2,3)13-6-5-7-14(8-13)18(19,20)21/h5-9H,10-11H2,1-4H3,(H2,22,24,25). The molecule has 0 saturated heterocycles. The number of aliphatic imine (C=N–C) groups is 1. The molecule has 0 aliphatic carbocycles. The summed E-state index contributed by atoms with van der Waals surface area (Å²) in [4.78, 5) is 9.57. The molecule has 0 unspecified atom stereocenters. The van der Waals surface area contributed by atoms with Gasteiger partial charge in [0.25, 0.3) is 0 Å². The molecule has 2 aromatic rings. The van der Waals surface area contributed by atoms with Gasteiger partial charge in [0.2, 0.25) is 0 Å². The van der Waals surface area contributed by atoms with Crippen LogP contribution in [0.25, 0.3) is 0 Å². The molecular weight excluding hydrogens is 361 g/mol. The van der Waals surface area contributed by atoms with Gasteiger partial charge in [-0.1, -0.05) is 32.0 Å². The Labute approximate surface area is 155 Å². The van der Waals surface area contributed by atoms with Crippen LogP contribution in [0.4, 0.5) is 13.2 Å². The molecule has 0 aliphatic heterocycles. The fraction of sp³-hybridized carbons (Fsp3) is 0.444. The minimum Gasteiger partial charge on any atom is -0.356 e. The highest BCUT2D eigenvalue weighted by molar-refractivity contribution is 7.11. The number of nitrogens with one attached hydrogen (secondary N) is 2. The van der Waals surface area contributed by atoms with Gasteiger partial charge in [-0.15, -0.1) is 11.3 Å². The highest BCUT2D eigenvalue weighted by Gasteiger charge is 2.32. The van der Waals surface area contributed by atoms with Crippen molar-refractivity contribution in [3.8, 4) is 0 Å². The van der Waals surface area contributed by atoms with E-state index in [1.807, 2.05) is 27.0 Å². The Morgan fingerprint density at radius 1 is 1.19 bits per heavy atom. The van der Waals surface area contributed by atoms with Gasteiger partial charge in [-0.25, -0.2) is 4.98 Å². The van der Waals surface area contributed by atoms with Crippen molar-refractivity contribution in [3.63, 3.8) is 0 Å². The Balaban J connectivity index is 1.99. The number of rotatable bonds is 5. The van der Waals surface area contributed by atoms with E-state index in [0.717, 1.165) is 16.0 Å². The molecule has 0 radical (unpaired) electrons. The summed E-state index contributed by atoms with van der Waals surface area (Å²) in [6.45, 7) is 6.76. The summed E-state index contributed by atoms with van der Waals surface area (Å²) >= 11 is 1.60. The Morgan fingerprint density at radius 3 is 2.46 bits per heavy atom. The molecule has 2 N–H and O–H groups in total. The lowest BCUT2D eigenvalue weighted by Gasteiger charge is -2.27. The van der Waals surface area contributed by atoms with Crippen molar-refractivity contribution < 1.29 is 13.2 Å². The number of nitrogens with zero attached hydrogens (tertiary/aromatic N) is 2. The number of hydrogen-bond acceptors (Lipinski definition) is 3. The van der Waals surface area contributed by atoms with Crippen LogP contribution in [0.1, 0.15) is 34.9 Å². The van der Waals surface area contributed by atoms with Gasteiger partial charge in [0, 0.05) is 30.1 Å². The molecule has 0 bridgehead atoms. The lowest BCUT2D eigenvalue weighted by molar-refractivity contribution is -0.137.